The van der Waals surface area contributed by atoms with E-state index in [9.17, 15) is 32.5 Å². The number of nitro groups is 1. The van der Waals surface area contributed by atoms with Crippen molar-refractivity contribution in [3.8, 4) is 11.5 Å². The standard InChI is InChI=1S/C16H11F4N3O5S/c1-27-8-4-3-6(23(25)26)5-7(8)21-16(29)22-15(24)9-10(17)12(19)14(28-2)13(20)11(9)18/h3-5H,1-2H3,(H2,21,22,24,29). The van der Waals surface area contributed by atoms with E-state index in [0.29, 0.717) is 0 Å². The number of non-ortho nitro benzene ring substituents is 1. The summed E-state index contributed by atoms with van der Waals surface area (Å²) in [5.74, 6) is -10.7. The first-order chi connectivity index (χ1) is 13.6. The lowest BCUT2D eigenvalue weighted by Gasteiger charge is -2.14. The van der Waals surface area contributed by atoms with Gasteiger partial charge in [0.05, 0.1) is 24.8 Å². The zero-order chi connectivity index (χ0) is 21.9. The van der Waals surface area contributed by atoms with E-state index in [4.69, 9.17) is 17.0 Å². The van der Waals surface area contributed by atoms with E-state index in [2.05, 4.69) is 10.1 Å². The zero-order valence-electron chi connectivity index (χ0n) is 14.6. The number of anilines is 1. The fourth-order valence-corrected chi connectivity index (χ4v) is 2.42. The third kappa shape index (κ3) is 4.34. The number of nitrogens with zero attached hydrogens (tertiary/aromatic N) is 1. The van der Waals surface area contributed by atoms with Crippen molar-refractivity contribution >= 4 is 34.6 Å². The van der Waals surface area contributed by atoms with Crippen molar-refractivity contribution in [2.24, 2.45) is 0 Å². The average Bonchev–Trinajstić information content (AvgIpc) is 2.66. The largest absolute Gasteiger partial charge is 0.495 e. The van der Waals surface area contributed by atoms with Gasteiger partial charge in [0.2, 0.25) is 11.6 Å². The van der Waals surface area contributed by atoms with E-state index in [1.807, 2.05) is 5.32 Å². The second-order valence-electron chi connectivity index (χ2n) is 5.21. The number of halogens is 4. The van der Waals surface area contributed by atoms with Gasteiger partial charge in [-0.2, -0.15) is 8.78 Å². The SMILES string of the molecule is COc1ccc([N+](=O)[O-])cc1NC(=S)NC(=O)c1c(F)c(F)c(OC)c(F)c1F. The molecule has 8 nitrogen and oxygen atoms in total. The molecule has 29 heavy (non-hydrogen) atoms. The maximum Gasteiger partial charge on any atom is 0.271 e. The van der Waals surface area contributed by atoms with Crippen LogP contribution in [-0.2, 0) is 0 Å². The van der Waals surface area contributed by atoms with Crippen molar-refractivity contribution in [1.29, 1.82) is 0 Å². The minimum absolute atomic E-state index is 0.0555. The Morgan fingerprint density at radius 3 is 2.14 bits per heavy atom. The maximum absolute atomic E-state index is 14.0. The molecule has 2 aromatic rings. The number of ether oxygens (including phenoxy) is 2. The predicted octanol–water partition coefficient (Wildman–Crippen LogP) is 3.30. The van der Waals surface area contributed by atoms with E-state index in [1.165, 1.54) is 13.2 Å². The molecule has 0 aliphatic rings. The van der Waals surface area contributed by atoms with Gasteiger partial charge < -0.3 is 14.8 Å². The number of nitrogens with one attached hydrogen (secondary N) is 2. The van der Waals surface area contributed by atoms with Crippen LogP contribution in [0, 0.1) is 33.4 Å². The fourth-order valence-electron chi connectivity index (χ4n) is 2.22. The molecule has 2 aromatic carbocycles. The highest BCUT2D eigenvalue weighted by molar-refractivity contribution is 7.80. The Balaban J connectivity index is 2.30. The van der Waals surface area contributed by atoms with Gasteiger partial charge in [0, 0.05) is 12.1 Å². The zero-order valence-corrected chi connectivity index (χ0v) is 15.5. The molecule has 0 atom stereocenters. The lowest BCUT2D eigenvalue weighted by molar-refractivity contribution is -0.384. The van der Waals surface area contributed by atoms with E-state index in [-0.39, 0.29) is 17.1 Å². The number of carbonyl (C=O) groups excluding carboxylic acids is 1. The van der Waals surface area contributed by atoms with Crippen LogP contribution in [0.3, 0.4) is 0 Å². The molecule has 0 aliphatic heterocycles. The first-order valence-electron chi connectivity index (χ1n) is 7.47. The van der Waals surface area contributed by atoms with Crippen LogP contribution in [0.25, 0.3) is 0 Å². The highest BCUT2D eigenvalue weighted by Gasteiger charge is 2.30. The molecule has 0 aliphatic carbocycles. The van der Waals surface area contributed by atoms with Crippen LogP contribution in [0.4, 0.5) is 28.9 Å². The predicted molar refractivity (Wildman–Crippen MR) is 96.2 cm³/mol. The summed E-state index contributed by atoms with van der Waals surface area (Å²) in [4.78, 5) is 22.2. The molecule has 0 saturated carbocycles. The summed E-state index contributed by atoms with van der Waals surface area (Å²) in [6, 6.07) is 3.39. The van der Waals surface area contributed by atoms with Gasteiger partial charge in [-0.1, -0.05) is 0 Å². The quantitative estimate of drug-likeness (QED) is 0.245. The van der Waals surface area contributed by atoms with Crippen molar-refractivity contribution in [3.05, 3.63) is 57.1 Å². The van der Waals surface area contributed by atoms with Gasteiger partial charge in [-0.3, -0.25) is 20.2 Å². The van der Waals surface area contributed by atoms with Gasteiger partial charge in [0.1, 0.15) is 11.3 Å². The van der Waals surface area contributed by atoms with Crippen LogP contribution in [-0.4, -0.2) is 30.2 Å². The number of hydrogen-bond acceptors (Lipinski definition) is 6. The number of nitro benzene ring substituents is 1. The number of amides is 1. The average molecular weight is 433 g/mol. The monoisotopic (exact) mass is 433 g/mol. The van der Waals surface area contributed by atoms with Gasteiger partial charge in [0.15, 0.2) is 22.5 Å². The Morgan fingerprint density at radius 2 is 1.66 bits per heavy atom. The molecule has 2 N–H and O–H groups in total. The Hall–Kier alpha value is -3.48. The molecule has 0 bridgehead atoms. The molecule has 13 heteroatoms. The van der Waals surface area contributed by atoms with E-state index in [1.54, 1.807) is 0 Å². The summed E-state index contributed by atoms with van der Waals surface area (Å²) in [6.45, 7) is 0. The highest BCUT2D eigenvalue weighted by atomic mass is 32.1. The molecule has 1 amide bonds. The highest BCUT2D eigenvalue weighted by Crippen LogP contribution is 2.30. The second kappa shape index (κ2) is 8.68. The van der Waals surface area contributed by atoms with Crippen molar-refractivity contribution in [3.63, 3.8) is 0 Å². The molecule has 154 valence electrons. The molecule has 0 aromatic heterocycles. The molecule has 2 rings (SSSR count). The minimum Gasteiger partial charge on any atom is -0.495 e. The van der Waals surface area contributed by atoms with Gasteiger partial charge in [-0.15, -0.1) is 0 Å². The van der Waals surface area contributed by atoms with Crippen LogP contribution in [0.2, 0.25) is 0 Å². The molecule has 0 heterocycles. The Morgan fingerprint density at radius 1 is 1.07 bits per heavy atom. The smallest absolute Gasteiger partial charge is 0.271 e. The number of thiocarbonyl (C=S) groups is 1. The van der Waals surface area contributed by atoms with Crippen molar-refractivity contribution in [2.75, 3.05) is 19.5 Å². The van der Waals surface area contributed by atoms with Crippen molar-refractivity contribution in [2.45, 2.75) is 0 Å². The number of benzene rings is 2. The molecule has 0 spiro atoms. The van der Waals surface area contributed by atoms with Crippen LogP contribution < -0.4 is 20.1 Å². The van der Waals surface area contributed by atoms with Crippen LogP contribution >= 0.6 is 12.2 Å². The van der Waals surface area contributed by atoms with Gasteiger partial charge in [-0.25, -0.2) is 8.78 Å². The number of hydrogen-bond donors (Lipinski definition) is 2. The third-order valence-electron chi connectivity index (χ3n) is 3.52. The topological polar surface area (TPSA) is 103 Å². The molecule has 0 unspecified atom stereocenters. The number of rotatable bonds is 5. The van der Waals surface area contributed by atoms with Crippen LogP contribution in [0.1, 0.15) is 10.4 Å². The lowest BCUT2D eigenvalue weighted by Crippen LogP contribution is -2.35. The normalized spacial score (nSPS) is 10.3. The van der Waals surface area contributed by atoms with Crippen LogP contribution in [0.5, 0.6) is 11.5 Å². The van der Waals surface area contributed by atoms with E-state index in [0.717, 1.165) is 19.2 Å². The number of carbonyl (C=O) groups is 1. The van der Waals surface area contributed by atoms with Gasteiger partial charge in [-0.05, 0) is 18.3 Å². The van der Waals surface area contributed by atoms with Gasteiger partial charge in [0.25, 0.3) is 11.6 Å². The third-order valence-corrected chi connectivity index (χ3v) is 3.73. The summed E-state index contributed by atoms with van der Waals surface area (Å²) in [5, 5.41) is 14.5. The summed E-state index contributed by atoms with van der Waals surface area (Å²) in [7, 11) is 2.03. The minimum atomic E-state index is -1.99. The summed E-state index contributed by atoms with van der Waals surface area (Å²) >= 11 is 4.80. The summed E-state index contributed by atoms with van der Waals surface area (Å²) < 4.78 is 64.7. The lowest BCUT2D eigenvalue weighted by atomic mass is 10.1. The van der Waals surface area contributed by atoms with E-state index < -0.39 is 50.5 Å². The molecule has 0 saturated heterocycles. The summed E-state index contributed by atoms with van der Waals surface area (Å²) in [6.07, 6.45) is 0. The first-order valence-corrected chi connectivity index (χ1v) is 7.87. The Kier molecular flexibility index (Phi) is 6.53. The van der Waals surface area contributed by atoms with Crippen molar-refractivity contribution in [1.82, 2.24) is 5.32 Å². The fraction of sp³-hybridized carbons (Fsp3) is 0.125. The molecule has 0 fully saturated rings. The molecule has 0 radical (unpaired) electrons. The van der Waals surface area contributed by atoms with Crippen molar-refractivity contribution < 1.29 is 36.8 Å². The maximum atomic E-state index is 14.0. The van der Waals surface area contributed by atoms with E-state index >= 15 is 0 Å². The van der Waals surface area contributed by atoms with Gasteiger partial charge >= 0.3 is 0 Å². The first kappa shape index (κ1) is 21.8. The number of methoxy groups -OCH3 is 2. The molecular formula is C16H11F4N3O5S. The molecular weight excluding hydrogens is 422 g/mol. The van der Waals surface area contributed by atoms with Crippen LogP contribution in [0.15, 0.2) is 18.2 Å². The summed E-state index contributed by atoms with van der Waals surface area (Å²) in [5.41, 5.74) is -1.98. The Bertz CT molecular complexity index is 990. The Labute approximate surface area is 165 Å². The second-order valence-corrected chi connectivity index (χ2v) is 5.62.